The number of rotatable bonds is 6. The molecule has 24 heavy (non-hydrogen) atoms. The molecule has 0 aliphatic rings. The third-order valence-corrected chi connectivity index (χ3v) is 4.26. The highest BCUT2D eigenvalue weighted by atomic mass is 32.2. The van der Waals surface area contributed by atoms with Gasteiger partial charge in [-0.05, 0) is 35.2 Å². The van der Waals surface area contributed by atoms with E-state index >= 15 is 0 Å². The largest absolute Gasteiger partial charge is 0.496 e. The monoisotopic (exact) mass is 349 g/mol. The van der Waals surface area contributed by atoms with Crippen LogP contribution in [0.3, 0.4) is 0 Å². The topological polar surface area (TPSA) is 64.6 Å². The molecule has 2 aromatic carbocycles. The molecular weight excluding hydrogens is 326 g/mol. The van der Waals surface area contributed by atoms with Crippen molar-refractivity contribution in [3.8, 4) is 22.6 Å². The maximum absolute atomic E-state index is 11.4. The number of methoxy groups -OCH3 is 2. The lowest BCUT2D eigenvalue weighted by Gasteiger charge is -2.17. The lowest BCUT2D eigenvalue weighted by molar-refractivity contribution is 0.390. The maximum Gasteiger partial charge on any atom is 0.229 e. The van der Waals surface area contributed by atoms with Crippen LogP contribution in [0, 0.1) is 0 Å². The van der Waals surface area contributed by atoms with Crippen LogP contribution in [0.1, 0.15) is 25.3 Å². The second kappa shape index (κ2) is 7.13. The Morgan fingerprint density at radius 3 is 2.21 bits per heavy atom. The lowest BCUT2D eigenvalue weighted by Crippen LogP contribution is -2.09. The summed E-state index contributed by atoms with van der Waals surface area (Å²) in [6, 6.07) is 11.1. The Balaban J connectivity index is 2.59. The van der Waals surface area contributed by atoms with Gasteiger partial charge in [-0.3, -0.25) is 4.72 Å². The van der Waals surface area contributed by atoms with Gasteiger partial charge >= 0.3 is 0 Å². The molecule has 0 aliphatic heterocycles. The van der Waals surface area contributed by atoms with Gasteiger partial charge in [0.15, 0.2) is 0 Å². The highest BCUT2D eigenvalue weighted by Crippen LogP contribution is 2.39. The number of hydrogen-bond donors (Lipinski definition) is 1. The van der Waals surface area contributed by atoms with E-state index in [4.69, 9.17) is 9.47 Å². The van der Waals surface area contributed by atoms with Crippen LogP contribution in [0.5, 0.6) is 11.5 Å². The van der Waals surface area contributed by atoms with Crippen molar-refractivity contribution in [1.29, 1.82) is 0 Å². The number of ether oxygens (including phenoxy) is 2. The molecule has 0 fully saturated rings. The first-order chi connectivity index (χ1) is 11.2. The molecule has 2 aromatic rings. The van der Waals surface area contributed by atoms with Crippen LogP contribution in [0.15, 0.2) is 36.4 Å². The standard InChI is InChI=1S/C18H23NO4S/c1-12(2)15-10-16(18(23-4)11-17(15)22-3)13-7-6-8-14(9-13)19-24(5,20)21/h6-12,19H,1-5H3. The summed E-state index contributed by atoms with van der Waals surface area (Å²) in [7, 11) is -0.0863. The average molecular weight is 349 g/mol. The van der Waals surface area contributed by atoms with Crippen LogP contribution < -0.4 is 14.2 Å². The smallest absolute Gasteiger partial charge is 0.229 e. The van der Waals surface area contributed by atoms with Crippen LogP contribution >= 0.6 is 0 Å². The Morgan fingerprint density at radius 2 is 1.67 bits per heavy atom. The van der Waals surface area contributed by atoms with Gasteiger partial charge in [0.1, 0.15) is 11.5 Å². The predicted octanol–water partition coefficient (Wildman–Crippen LogP) is 3.87. The Labute approximate surface area is 143 Å². The summed E-state index contributed by atoms with van der Waals surface area (Å²) in [6.45, 7) is 4.19. The van der Waals surface area contributed by atoms with Crippen LogP contribution in [0.4, 0.5) is 5.69 Å². The number of benzene rings is 2. The minimum Gasteiger partial charge on any atom is -0.496 e. The van der Waals surface area contributed by atoms with Gasteiger partial charge in [-0.25, -0.2) is 8.42 Å². The van der Waals surface area contributed by atoms with E-state index in [-0.39, 0.29) is 5.92 Å². The molecule has 130 valence electrons. The van der Waals surface area contributed by atoms with Gasteiger partial charge in [0.2, 0.25) is 10.0 Å². The molecule has 0 unspecified atom stereocenters. The molecule has 1 N–H and O–H groups in total. The third-order valence-electron chi connectivity index (χ3n) is 3.65. The van der Waals surface area contributed by atoms with E-state index in [0.717, 1.165) is 28.7 Å². The molecule has 0 aliphatic carbocycles. The number of sulfonamides is 1. The van der Waals surface area contributed by atoms with Crippen LogP contribution in [0.25, 0.3) is 11.1 Å². The van der Waals surface area contributed by atoms with Gasteiger partial charge in [0.05, 0.1) is 20.5 Å². The summed E-state index contributed by atoms with van der Waals surface area (Å²) in [5, 5.41) is 0. The molecule has 5 nitrogen and oxygen atoms in total. The fourth-order valence-corrected chi connectivity index (χ4v) is 3.12. The first-order valence-corrected chi connectivity index (χ1v) is 9.48. The molecule has 0 spiro atoms. The number of hydrogen-bond acceptors (Lipinski definition) is 4. The van der Waals surface area contributed by atoms with E-state index in [1.807, 2.05) is 24.3 Å². The van der Waals surface area contributed by atoms with Gasteiger partial charge in [0.25, 0.3) is 0 Å². The minimum atomic E-state index is -3.33. The van der Waals surface area contributed by atoms with E-state index < -0.39 is 10.0 Å². The molecule has 0 atom stereocenters. The highest BCUT2D eigenvalue weighted by molar-refractivity contribution is 7.92. The van der Waals surface area contributed by atoms with Gasteiger partial charge in [-0.2, -0.15) is 0 Å². The van der Waals surface area contributed by atoms with Gasteiger partial charge in [-0.15, -0.1) is 0 Å². The summed E-state index contributed by atoms with van der Waals surface area (Å²) in [5.41, 5.74) is 3.33. The zero-order valence-electron chi connectivity index (χ0n) is 14.6. The molecule has 0 aromatic heterocycles. The van der Waals surface area contributed by atoms with E-state index in [0.29, 0.717) is 11.4 Å². The quantitative estimate of drug-likeness (QED) is 0.860. The van der Waals surface area contributed by atoms with E-state index in [2.05, 4.69) is 18.6 Å². The summed E-state index contributed by atoms with van der Waals surface area (Å²) in [4.78, 5) is 0. The molecular formula is C18H23NO4S. The molecule has 6 heteroatoms. The van der Waals surface area contributed by atoms with Crippen LogP contribution in [0.2, 0.25) is 0 Å². The zero-order valence-corrected chi connectivity index (χ0v) is 15.4. The van der Waals surface area contributed by atoms with Crippen molar-refractivity contribution in [2.45, 2.75) is 19.8 Å². The van der Waals surface area contributed by atoms with Gasteiger partial charge in [-0.1, -0.05) is 26.0 Å². The summed E-state index contributed by atoms with van der Waals surface area (Å²) in [6.07, 6.45) is 1.13. The fraction of sp³-hybridized carbons (Fsp3) is 0.333. The Hall–Kier alpha value is -2.21. The van der Waals surface area contributed by atoms with E-state index in [9.17, 15) is 8.42 Å². The summed E-state index contributed by atoms with van der Waals surface area (Å²) in [5.74, 6) is 1.73. The molecule has 0 heterocycles. The van der Waals surface area contributed by atoms with Gasteiger partial charge in [0, 0.05) is 17.3 Å². The van der Waals surface area contributed by atoms with E-state index in [1.165, 1.54) is 0 Å². The first kappa shape index (κ1) is 18.1. The molecule has 0 amide bonds. The second-order valence-electron chi connectivity index (χ2n) is 5.90. The van der Waals surface area contributed by atoms with Crippen LogP contribution in [-0.4, -0.2) is 28.9 Å². The lowest BCUT2D eigenvalue weighted by atomic mass is 9.95. The fourth-order valence-electron chi connectivity index (χ4n) is 2.56. The van der Waals surface area contributed by atoms with Crippen molar-refractivity contribution in [1.82, 2.24) is 0 Å². The average Bonchev–Trinajstić information content (AvgIpc) is 2.52. The maximum atomic E-state index is 11.4. The number of nitrogens with one attached hydrogen (secondary N) is 1. The predicted molar refractivity (Wildman–Crippen MR) is 97.5 cm³/mol. The second-order valence-corrected chi connectivity index (χ2v) is 7.65. The van der Waals surface area contributed by atoms with Crippen molar-refractivity contribution >= 4 is 15.7 Å². The number of anilines is 1. The normalized spacial score (nSPS) is 11.4. The first-order valence-electron chi connectivity index (χ1n) is 7.59. The Kier molecular flexibility index (Phi) is 5.39. The zero-order chi connectivity index (χ0) is 17.9. The highest BCUT2D eigenvalue weighted by Gasteiger charge is 2.15. The van der Waals surface area contributed by atoms with Crippen LogP contribution in [-0.2, 0) is 10.0 Å². The molecule has 0 bridgehead atoms. The van der Waals surface area contributed by atoms with Crippen molar-refractivity contribution < 1.29 is 17.9 Å². The molecule has 0 saturated carbocycles. The van der Waals surface area contributed by atoms with Crippen molar-refractivity contribution in [3.05, 3.63) is 42.0 Å². The summed E-state index contributed by atoms with van der Waals surface area (Å²) < 4.78 is 36.3. The Morgan fingerprint density at radius 1 is 1.00 bits per heavy atom. The van der Waals surface area contributed by atoms with E-state index in [1.54, 1.807) is 26.4 Å². The molecule has 0 radical (unpaired) electrons. The van der Waals surface area contributed by atoms with Gasteiger partial charge < -0.3 is 9.47 Å². The molecule has 0 saturated heterocycles. The van der Waals surface area contributed by atoms with Crippen molar-refractivity contribution in [2.75, 3.05) is 25.2 Å². The SMILES string of the molecule is COc1cc(OC)c(C(C)C)cc1-c1cccc(NS(C)(=O)=O)c1. The van der Waals surface area contributed by atoms with Crippen molar-refractivity contribution in [3.63, 3.8) is 0 Å². The summed E-state index contributed by atoms with van der Waals surface area (Å²) >= 11 is 0. The van der Waals surface area contributed by atoms with Crippen molar-refractivity contribution in [2.24, 2.45) is 0 Å². The Bertz CT molecular complexity index is 829. The molecule has 2 rings (SSSR count). The minimum absolute atomic E-state index is 0.280. The third kappa shape index (κ3) is 4.20.